The van der Waals surface area contributed by atoms with Crippen molar-refractivity contribution in [2.45, 2.75) is 18.9 Å². The van der Waals surface area contributed by atoms with Gasteiger partial charge in [-0.25, -0.2) is 4.98 Å². The molecule has 1 aliphatic heterocycles. The lowest BCUT2D eigenvalue weighted by Crippen LogP contribution is -2.37. The molecule has 4 rings (SSSR count). The summed E-state index contributed by atoms with van der Waals surface area (Å²) in [7, 11) is 1.84. The van der Waals surface area contributed by atoms with Crippen LogP contribution in [0.15, 0.2) is 60.8 Å². The molecule has 0 N–H and O–H groups in total. The number of rotatable bonds is 5. The van der Waals surface area contributed by atoms with Gasteiger partial charge < -0.3 is 4.90 Å². The summed E-state index contributed by atoms with van der Waals surface area (Å²) < 4.78 is 0. The number of hydrogen-bond acceptors (Lipinski definition) is 4. The number of carbonyl (C=O) groups is 1. The molecule has 27 heavy (non-hydrogen) atoms. The number of fused-ring (bicyclic) bond motifs is 1. The predicted octanol–water partition coefficient (Wildman–Crippen LogP) is 3.08. The largest absolute Gasteiger partial charge is 0.339 e. The first kappa shape index (κ1) is 17.6. The van der Waals surface area contributed by atoms with Crippen molar-refractivity contribution in [3.8, 4) is 0 Å². The number of nitrogens with zero attached hydrogens (tertiary/aromatic N) is 4. The first-order valence-electron chi connectivity index (χ1n) is 9.41. The summed E-state index contributed by atoms with van der Waals surface area (Å²) in [6, 6.07) is 18.4. The van der Waals surface area contributed by atoms with Crippen LogP contribution in [-0.4, -0.2) is 52.4 Å². The van der Waals surface area contributed by atoms with Crippen molar-refractivity contribution in [2.24, 2.45) is 0 Å². The number of amides is 1. The summed E-state index contributed by atoms with van der Waals surface area (Å²) in [5.74, 6) is 0.648. The number of likely N-dealkylation sites (tertiary alicyclic amines) is 1. The number of carbonyl (C=O) groups excluding carboxylic acids is 1. The van der Waals surface area contributed by atoms with Gasteiger partial charge in [-0.05, 0) is 36.6 Å². The molecule has 0 spiro atoms. The van der Waals surface area contributed by atoms with Crippen LogP contribution in [0.4, 0.5) is 0 Å². The van der Waals surface area contributed by atoms with Crippen molar-refractivity contribution in [1.29, 1.82) is 0 Å². The average Bonchev–Trinajstić information content (AvgIpc) is 3.17. The van der Waals surface area contributed by atoms with Crippen molar-refractivity contribution in [3.05, 3.63) is 72.1 Å². The van der Waals surface area contributed by atoms with Crippen molar-refractivity contribution in [3.63, 3.8) is 0 Å². The van der Waals surface area contributed by atoms with Gasteiger partial charge in [-0.15, -0.1) is 0 Å². The van der Waals surface area contributed by atoms with E-state index in [9.17, 15) is 4.79 Å². The van der Waals surface area contributed by atoms with E-state index in [2.05, 4.69) is 39.1 Å². The number of aromatic nitrogens is 2. The minimum absolute atomic E-state index is 0.124. The highest BCUT2D eigenvalue weighted by molar-refractivity contribution is 5.78. The normalized spacial score (nSPS) is 17.3. The monoisotopic (exact) mass is 360 g/mol. The zero-order valence-corrected chi connectivity index (χ0v) is 15.6. The molecule has 0 unspecified atom stereocenters. The molecule has 1 fully saturated rings. The highest BCUT2D eigenvalue weighted by atomic mass is 16.2. The van der Waals surface area contributed by atoms with E-state index in [1.54, 1.807) is 11.1 Å². The molecule has 0 saturated carbocycles. The third-order valence-electron chi connectivity index (χ3n) is 5.23. The van der Waals surface area contributed by atoms with Gasteiger partial charge in [0.15, 0.2) is 0 Å². The smallest absolute Gasteiger partial charge is 0.236 e. The molecule has 2 heterocycles. The van der Waals surface area contributed by atoms with Gasteiger partial charge in [-0.2, -0.15) is 0 Å². The molecule has 1 aromatic heterocycles. The summed E-state index contributed by atoms with van der Waals surface area (Å²) in [6.07, 6.45) is 2.87. The Balaban J connectivity index is 1.34. The van der Waals surface area contributed by atoms with Gasteiger partial charge in [-0.3, -0.25) is 14.7 Å². The summed E-state index contributed by atoms with van der Waals surface area (Å²) in [5.41, 5.74) is 3.92. The second kappa shape index (κ2) is 7.84. The highest BCUT2D eigenvalue weighted by Crippen LogP contribution is 2.26. The average molecular weight is 360 g/mol. The van der Waals surface area contributed by atoms with Crippen LogP contribution in [0.2, 0.25) is 0 Å². The SMILES string of the molecule is CN(Cc1cnc2ccccc2n1)C(=O)CN1CC[C@@H](c2ccccc2)C1. The number of hydrogen-bond donors (Lipinski definition) is 0. The molecule has 3 aromatic rings. The number of benzene rings is 2. The Hall–Kier alpha value is -2.79. The van der Waals surface area contributed by atoms with E-state index in [0.717, 1.165) is 36.2 Å². The molecule has 1 amide bonds. The Morgan fingerprint density at radius 2 is 1.85 bits per heavy atom. The van der Waals surface area contributed by atoms with Crippen LogP contribution < -0.4 is 0 Å². The molecule has 1 atom stereocenters. The van der Waals surface area contributed by atoms with Crippen LogP contribution in [0.25, 0.3) is 11.0 Å². The van der Waals surface area contributed by atoms with E-state index in [1.807, 2.05) is 37.4 Å². The van der Waals surface area contributed by atoms with Gasteiger partial charge in [0.2, 0.25) is 5.91 Å². The zero-order chi connectivity index (χ0) is 18.6. The zero-order valence-electron chi connectivity index (χ0n) is 15.6. The molecular weight excluding hydrogens is 336 g/mol. The molecule has 0 aliphatic carbocycles. The van der Waals surface area contributed by atoms with Gasteiger partial charge in [0.05, 0.1) is 36.0 Å². The Bertz CT molecular complexity index is 928. The van der Waals surface area contributed by atoms with Crippen LogP contribution in [0, 0.1) is 0 Å². The minimum atomic E-state index is 0.124. The van der Waals surface area contributed by atoms with Crippen LogP contribution in [0.1, 0.15) is 23.6 Å². The fourth-order valence-corrected chi connectivity index (χ4v) is 3.69. The van der Waals surface area contributed by atoms with Gasteiger partial charge in [0.25, 0.3) is 0 Å². The van der Waals surface area contributed by atoms with E-state index in [4.69, 9.17) is 0 Å². The third kappa shape index (κ3) is 4.14. The standard InChI is InChI=1S/C22H24N4O/c1-25(15-19-13-23-20-9-5-6-10-21(20)24-19)22(27)16-26-12-11-18(14-26)17-7-3-2-4-8-17/h2-10,13,18H,11-12,14-16H2,1H3/t18-/m1/s1. The second-order valence-electron chi connectivity index (χ2n) is 7.23. The molecule has 0 radical (unpaired) electrons. The predicted molar refractivity (Wildman–Crippen MR) is 106 cm³/mol. The molecule has 138 valence electrons. The highest BCUT2D eigenvalue weighted by Gasteiger charge is 2.26. The molecule has 5 nitrogen and oxygen atoms in total. The molecule has 1 saturated heterocycles. The molecule has 2 aromatic carbocycles. The van der Waals surface area contributed by atoms with Crippen LogP contribution in [-0.2, 0) is 11.3 Å². The van der Waals surface area contributed by atoms with Crippen molar-refractivity contribution in [1.82, 2.24) is 19.8 Å². The van der Waals surface area contributed by atoms with E-state index >= 15 is 0 Å². The first-order valence-corrected chi connectivity index (χ1v) is 9.41. The van der Waals surface area contributed by atoms with Crippen molar-refractivity contribution < 1.29 is 4.79 Å². The van der Waals surface area contributed by atoms with E-state index < -0.39 is 0 Å². The number of likely N-dealkylation sites (N-methyl/N-ethyl adjacent to an activating group) is 1. The maximum atomic E-state index is 12.6. The lowest BCUT2D eigenvalue weighted by atomic mass is 9.99. The first-order chi connectivity index (χ1) is 13.2. The van der Waals surface area contributed by atoms with Gasteiger partial charge in [0.1, 0.15) is 0 Å². The Morgan fingerprint density at radius 3 is 2.67 bits per heavy atom. The molecule has 5 heteroatoms. The van der Waals surface area contributed by atoms with Gasteiger partial charge in [0, 0.05) is 13.6 Å². The van der Waals surface area contributed by atoms with Crippen LogP contribution in [0.3, 0.4) is 0 Å². The van der Waals surface area contributed by atoms with Crippen LogP contribution >= 0.6 is 0 Å². The van der Waals surface area contributed by atoms with E-state index in [-0.39, 0.29) is 5.91 Å². The maximum Gasteiger partial charge on any atom is 0.236 e. The fourth-order valence-electron chi connectivity index (χ4n) is 3.69. The van der Waals surface area contributed by atoms with Gasteiger partial charge in [-0.1, -0.05) is 42.5 Å². The van der Waals surface area contributed by atoms with Crippen molar-refractivity contribution in [2.75, 3.05) is 26.7 Å². The van der Waals surface area contributed by atoms with E-state index in [0.29, 0.717) is 19.0 Å². The van der Waals surface area contributed by atoms with Crippen molar-refractivity contribution >= 4 is 16.9 Å². The minimum Gasteiger partial charge on any atom is -0.339 e. The summed E-state index contributed by atoms with van der Waals surface area (Å²) in [5, 5.41) is 0. The Kier molecular flexibility index (Phi) is 5.12. The Morgan fingerprint density at radius 1 is 1.11 bits per heavy atom. The van der Waals surface area contributed by atoms with Crippen LogP contribution in [0.5, 0.6) is 0 Å². The topological polar surface area (TPSA) is 49.3 Å². The lowest BCUT2D eigenvalue weighted by molar-refractivity contribution is -0.131. The second-order valence-corrected chi connectivity index (χ2v) is 7.23. The third-order valence-corrected chi connectivity index (χ3v) is 5.23. The molecule has 0 bridgehead atoms. The summed E-state index contributed by atoms with van der Waals surface area (Å²) in [6.45, 7) is 2.85. The summed E-state index contributed by atoms with van der Waals surface area (Å²) in [4.78, 5) is 25.7. The maximum absolute atomic E-state index is 12.6. The lowest BCUT2D eigenvalue weighted by Gasteiger charge is -2.21. The number of para-hydroxylation sites is 2. The fraction of sp³-hybridized carbons (Fsp3) is 0.318. The van der Waals surface area contributed by atoms with E-state index in [1.165, 1.54) is 5.56 Å². The Labute approximate surface area is 159 Å². The molecular formula is C22H24N4O. The van der Waals surface area contributed by atoms with Gasteiger partial charge >= 0.3 is 0 Å². The molecule has 1 aliphatic rings. The quantitative estimate of drug-likeness (QED) is 0.702. The summed E-state index contributed by atoms with van der Waals surface area (Å²) >= 11 is 0.